The van der Waals surface area contributed by atoms with Crippen LogP contribution in [-0.2, 0) is 33.6 Å². The summed E-state index contributed by atoms with van der Waals surface area (Å²) in [6.45, 7) is 7.96. The third kappa shape index (κ3) is 14.4. The number of carboxylic acid groups (broad SMARTS) is 1. The summed E-state index contributed by atoms with van der Waals surface area (Å²) in [6, 6.07) is -6.86. The van der Waals surface area contributed by atoms with Crippen LogP contribution in [0.3, 0.4) is 0 Å². The van der Waals surface area contributed by atoms with Crippen LogP contribution in [0.4, 0.5) is 0 Å². The molecule has 262 valence electrons. The maximum Gasteiger partial charge on any atom is 0.305 e. The van der Waals surface area contributed by atoms with Gasteiger partial charge in [-0.1, -0.05) is 70.9 Å². The normalized spacial score (nSPS) is 27.7. The second kappa shape index (κ2) is 21.0. The Balaban J connectivity index is 3.38. The lowest BCUT2D eigenvalue weighted by molar-refractivity contribution is -0.141. The summed E-state index contributed by atoms with van der Waals surface area (Å²) in [5.74, 6) is -5.60. The molecule has 1 heterocycles. The molecule has 0 aromatic heterocycles. The Morgan fingerprint density at radius 2 is 1.24 bits per heavy atom. The fourth-order valence-electron chi connectivity index (χ4n) is 3.89. The monoisotopic (exact) mass is 726 g/mol. The van der Waals surface area contributed by atoms with Crippen LogP contribution < -0.4 is 32.3 Å². The van der Waals surface area contributed by atoms with Gasteiger partial charge in [0, 0.05) is 34.8 Å². The van der Waals surface area contributed by atoms with Crippen LogP contribution in [0.15, 0.2) is 0 Å². The Hall–Kier alpha value is -2.03. The third-order valence-electron chi connectivity index (χ3n) is 6.65. The Morgan fingerprint density at radius 3 is 1.70 bits per heavy atom. The van der Waals surface area contributed by atoms with Crippen molar-refractivity contribution in [3.63, 3.8) is 0 Å². The highest BCUT2D eigenvalue weighted by atomic mass is 33.1. The Labute approximate surface area is 284 Å². The van der Waals surface area contributed by atoms with E-state index in [1.54, 1.807) is 27.7 Å². The average Bonchev–Trinajstić information content (AvgIpc) is 2.97. The fraction of sp³-hybridized carbons (Fsp3) is 0.741. The Bertz CT molecular complexity index is 1100. The van der Waals surface area contributed by atoms with Gasteiger partial charge in [0.15, 0.2) is 11.6 Å². The first kappa shape index (κ1) is 42.0. The quantitative estimate of drug-likeness (QED) is 0.139. The molecule has 1 aliphatic rings. The number of carbonyl (C=O) groups is 7. The van der Waals surface area contributed by atoms with Crippen LogP contribution in [0, 0.1) is 11.8 Å². The van der Waals surface area contributed by atoms with E-state index in [-0.39, 0.29) is 34.6 Å². The Kier molecular flexibility index (Phi) is 19.2. The number of rotatable bonds is 8. The van der Waals surface area contributed by atoms with E-state index in [2.05, 4.69) is 26.6 Å². The van der Waals surface area contributed by atoms with Gasteiger partial charge in [0.1, 0.15) is 12.1 Å². The first-order chi connectivity index (χ1) is 21.5. The zero-order chi connectivity index (χ0) is 35.1. The molecule has 0 aliphatic carbocycles. The van der Waals surface area contributed by atoms with Crippen LogP contribution in [0.1, 0.15) is 41.0 Å². The van der Waals surface area contributed by atoms with E-state index < -0.39 is 90.2 Å². The van der Waals surface area contributed by atoms with E-state index in [4.69, 9.17) is 5.73 Å². The molecule has 0 unspecified atom stereocenters. The minimum absolute atomic E-state index is 0.0306. The number of carboxylic acids is 1. The molecule has 46 heavy (non-hydrogen) atoms. The molecule has 4 amide bonds. The van der Waals surface area contributed by atoms with E-state index >= 15 is 0 Å². The number of aliphatic hydroxyl groups excluding tert-OH is 1. The summed E-state index contributed by atoms with van der Waals surface area (Å²) in [6.07, 6.45) is -2.04. The molecule has 7 atom stereocenters. The van der Waals surface area contributed by atoms with Crippen LogP contribution in [-0.4, -0.2) is 124 Å². The molecule has 1 saturated heterocycles. The minimum Gasteiger partial charge on any atom is -0.481 e. The van der Waals surface area contributed by atoms with E-state index in [9.17, 15) is 43.8 Å². The molecule has 1 rings (SSSR count). The van der Waals surface area contributed by atoms with Gasteiger partial charge in [-0.15, -0.1) is 0 Å². The maximum atomic E-state index is 13.2. The highest BCUT2D eigenvalue weighted by Gasteiger charge is 2.34. The zero-order valence-electron chi connectivity index (χ0n) is 26.7. The number of likely N-dealkylation sites (N-methyl/N-ethyl adjacent to an activating group) is 1. The summed E-state index contributed by atoms with van der Waals surface area (Å²) in [5, 5.41) is 32.7. The van der Waals surface area contributed by atoms with Gasteiger partial charge >= 0.3 is 5.97 Å². The van der Waals surface area contributed by atoms with Crippen molar-refractivity contribution in [2.24, 2.45) is 17.6 Å². The van der Waals surface area contributed by atoms with E-state index in [0.717, 1.165) is 32.4 Å². The first-order valence-electron chi connectivity index (χ1n) is 14.6. The number of hydrogen-bond donors (Lipinski definition) is 8. The van der Waals surface area contributed by atoms with Gasteiger partial charge in [-0.05, 0) is 14.0 Å². The molecular weight excluding hydrogens is 681 g/mol. The first-order valence-corrected chi connectivity index (χ1v) is 19.6. The van der Waals surface area contributed by atoms with Gasteiger partial charge in [0.25, 0.3) is 0 Å². The number of hydrogen-bond acceptors (Lipinski definition) is 14. The van der Waals surface area contributed by atoms with Crippen molar-refractivity contribution in [3.8, 4) is 0 Å². The van der Waals surface area contributed by atoms with E-state index in [1.807, 2.05) is 0 Å². The maximum absolute atomic E-state index is 13.2. The topological polar surface area (TPSA) is 246 Å². The van der Waals surface area contributed by atoms with Crippen molar-refractivity contribution < 1.29 is 43.8 Å². The predicted molar refractivity (Wildman–Crippen MR) is 182 cm³/mol. The summed E-state index contributed by atoms with van der Waals surface area (Å²) in [7, 11) is 6.19. The number of amides is 4. The lowest BCUT2D eigenvalue weighted by Crippen LogP contribution is -2.59. The second-order valence-electron chi connectivity index (χ2n) is 11.2. The second-order valence-corrected chi connectivity index (χ2v) is 16.3. The van der Waals surface area contributed by atoms with Crippen molar-refractivity contribution in [1.82, 2.24) is 26.6 Å². The van der Waals surface area contributed by atoms with Gasteiger partial charge in [-0.25, -0.2) is 0 Å². The molecular formula is C27H46N6O9S4. The molecule has 0 saturated carbocycles. The summed E-state index contributed by atoms with van der Waals surface area (Å²) >= 11 is 0. The largest absolute Gasteiger partial charge is 0.481 e. The lowest BCUT2D eigenvalue weighted by atomic mass is 10.0. The molecule has 0 spiro atoms. The predicted octanol–water partition coefficient (Wildman–Crippen LogP) is -1.08. The highest BCUT2D eigenvalue weighted by molar-refractivity contribution is 8.77. The lowest BCUT2D eigenvalue weighted by Gasteiger charge is -2.27. The van der Waals surface area contributed by atoms with Gasteiger partial charge in [-0.2, -0.15) is 0 Å². The van der Waals surface area contributed by atoms with Crippen molar-refractivity contribution in [1.29, 1.82) is 0 Å². The molecule has 19 heteroatoms. The number of Topliss-reactive ketones (excluding diaryl/α,β-unsaturated/α-hetero) is 2. The molecule has 1 aliphatic heterocycles. The molecule has 0 aromatic rings. The van der Waals surface area contributed by atoms with Crippen molar-refractivity contribution in [2.45, 2.75) is 83.4 Å². The fourth-order valence-corrected chi connectivity index (χ4v) is 8.61. The average molecular weight is 727 g/mol. The molecule has 0 bridgehead atoms. The Morgan fingerprint density at radius 1 is 0.761 bits per heavy atom. The van der Waals surface area contributed by atoms with Crippen LogP contribution >= 0.6 is 43.2 Å². The molecule has 9 N–H and O–H groups in total. The minimum atomic E-state index is -1.51. The van der Waals surface area contributed by atoms with E-state index in [0.29, 0.717) is 0 Å². The van der Waals surface area contributed by atoms with Crippen LogP contribution in [0.5, 0.6) is 0 Å². The summed E-state index contributed by atoms with van der Waals surface area (Å²) in [5.41, 5.74) is 5.99. The molecule has 15 nitrogen and oxygen atoms in total. The standard InChI is InChI=1S/C27H46N6O9S4/c1-12(2)22(37)17-9-44-45-10-18(23(38)13(3)4)32-27(42)21(14(5)34)33-26(41)19(29-6)11-46-43-8-15(28)24(39)30-16(7-20(35)36)25(40)31-17/h12-19,21,29,34H,7-11,28H2,1-6H3,(H,30,39)(H,31,40)(H,32,42)(H,33,41)(H,35,36)/t14-,15+,16+,17+,18+,19+,21+/m1/s1. The van der Waals surface area contributed by atoms with Gasteiger partial charge in [-0.3, -0.25) is 33.6 Å². The van der Waals surface area contributed by atoms with Crippen LogP contribution in [0.25, 0.3) is 0 Å². The smallest absolute Gasteiger partial charge is 0.305 e. The van der Waals surface area contributed by atoms with Crippen LogP contribution in [0.2, 0.25) is 0 Å². The van der Waals surface area contributed by atoms with Crippen molar-refractivity contribution >= 4 is 84.3 Å². The van der Waals surface area contributed by atoms with E-state index in [1.165, 1.54) is 24.8 Å². The number of nitrogens with one attached hydrogen (secondary N) is 5. The van der Waals surface area contributed by atoms with Gasteiger partial charge in [0.05, 0.1) is 36.7 Å². The van der Waals surface area contributed by atoms with Gasteiger partial charge < -0.3 is 42.5 Å². The summed E-state index contributed by atoms with van der Waals surface area (Å²) < 4.78 is 0. The number of carbonyl (C=O) groups excluding carboxylic acids is 6. The molecule has 1 fully saturated rings. The molecule has 0 radical (unpaired) electrons. The summed E-state index contributed by atoms with van der Waals surface area (Å²) in [4.78, 5) is 89.7. The molecule has 0 aromatic carbocycles. The SMILES string of the molecule is CN[C@H]1CSSC[C@H](N)C(=O)N[C@@H](CC(=O)O)C(=O)N[C@H](C(=O)C(C)C)CSSC[C@@H](C(=O)C(C)C)NC(=O)[C@H]([C@@H](C)O)NC1=O. The van der Waals surface area contributed by atoms with Crippen molar-refractivity contribution in [3.05, 3.63) is 0 Å². The zero-order valence-corrected chi connectivity index (χ0v) is 30.0. The third-order valence-corrected chi connectivity index (χ3v) is 11.5. The number of aliphatic hydroxyl groups is 1. The number of aliphatic carboxylic acids is 1. The number of nitrogens with two attached hydrogens (primary N) is 1. The number of ketones is 2. The van der Waals surface area contributed by atoms with Gasteiger partial charge in [0.2, 0.25) is 23.6 Å². The van der Waals surface area contributed by atoms with Crippen molar-refractivity contribution in [2.75, 3.05) is 30.1 Å². The highest BCUT2D eigenvalue weighted by Crippen LogP contribution is 2.25.